The number of nitrogens with zero attached hydrogens (tertiary/aromatic N) is 1. The second-order valence-corrected chi connectivity index (χ2v) is 13.0. The lowest BCUT2D eigenvalue weighted by atomic mass is 9.77. The number of allylic oxidation sites excluding steroid dienone is 4. The lowest BCUT2D eigenvalue weighted by molar-refractivity contribution is 0.602. The fourth-order valence-electron chi connectivity index (χ4n) is 6.49. The van der Waals surface area contributed by atoms with Gasteiger partial charge < -0.3 is 4.57 Å². The summed E-state index contributed by atoms with van der Waals surface area (Å²) in [5.41, 5.74) is 5.05. The molecular formula is C37H28NP. The van der Waals surface area contributed by atoms with E-state index in [0.29, 0.717) is 0 Å². The van der Waals surface area contributed by atoms with Crippen molar-refractivity contribution in [3.8, 4) is 5.69 Å². The third-order valence-corrected chi connectivity index (χ3v) is 11.2. The highest BCUT2D eigenvalue weighted by Gasteiger charge is 2.26. The highest BCUT2D eigenvalue weighted by molar-refractivity contribution is 7.71. The predicted octanol–water partition coefficient (Wildman–Crippen LogP) is 10.8. The zero-order valence-electron chi connectivity index (χ0n) is 21.9. The molecule has 0 amide bonds. The highest BCUT2D eigenvalue weighted by atomic mass is 31.1. The van der Waals surface area contributed by atoms with Gasteiger partial charge in [0.1, 0.15) is 0 Å². The van der Waals surface area contributed by atoms with Crippen LogP contribution < -0.4 is 0 Å². The van der Waals surface area contributed by atoms with Crippen LogP contribution in [-0.2, 0) is 5.41 Å². The molecule has 0 fully saturated rings. The Morgan fingerprint density at radius 1 is 0.590 bits per heavy atom. The Bertz CT molecular complexity index is 1990. The van der Waals surface area contributed by atoms with E-state index in [4.69, 9.17) is 0 Å². The average Bonchev–Trinajstić information content (AvgIpc) is 3.51. The van der Waals surface area contributed by atoms with E-state index in [9.17, 15) is 0 Å². The van der Waals surface area contributed by atoms with E-state index in [2.05, 4.69) is 151 Å². The maximum absolute atomic E-state index is 2.51. The fraction of sp³-hybridized carbons (Fsp3) is 0.0811. The van der Waals surface area contributed by atoms with Gasteiger partial charge in [-0.1, -0.05) is 130 Å². The molecule has 2 heterocycles. The minimum Gasteiger partial charge on any atom is -0.309 e. The molecule has 186 valence electrons. The lowest BCUT2D eigenvalue weighted by Crippen LogP contribution is -2.19. The van der Waals surface area contributed by atoms with Crippen molar-refractivity contribution in [2.75, 3.05) is 0 Å². The Kier molecular flexibility index (Phi) is 4.99. The molecule has 0 N–H and O–H groups in total. The van der Waals surface area contributed by atoms with Crippen LogP contribution in [0.25, 0.3) is 53.8 Å². The van der Waals surface area contributed by atoms with E-state index in [0.717, 1.165) is 6.42 Å². The van der Waals surface area contributed by atoms with Gasteiger partial charge in [0.2, 0.25) is 0 Å². The maximum atomic E-state index is 2.51. The third kappa shape index (κ3) is 3.40. The zero-order valence-corrected chi connectivity index (χ0v) is 22.8. The Morgan fingerprint density at radius 3 is 1.64 bits per heavy atom. The van der Waals surface area contributed by atoms with Gasteiger partial charge in [-0.2, -0.15) is 0 Å². The van der Waals surface area contributed by atoms with Gasteiger partial charge in [0.05, 0.1) is 11.0 Å². The van der Waals surface area contributed by atoms with Crippen molar-refractivity contribution in [1.29, 1.82) is 0 Å². The average molecular weight is 518 g/mol. The van der Waals surface area contributed by atoms with Crippen LogP contribution in [0.1, 0.15) is 18.9 Å². The number of para-hydroxylation sites is 2. The first kappa shape index (κ1) is 22.6. The van der Waals surface area contributed by atoms with E-state index < -0.39 is 7.53 Å². The first-order valence-electron chi connectivity index (χ1n) is 13.7. The number of fused-ring (bicyclic) bond motifs is 6. The molecule has 0 bridgehead atoms. The largest absolute Gasteiger partial charge is 0.309 e. The van der Waals surface area contributed by atoms with Crippen LogP contribution in [0.2, 0.25) is 0 Å². The number of benzene rings is 5. The van der Waals surface area contributed by atoms with Gasteiger partial charge in [0.25, 0.3) is 0 Å². The molecule has 1 aliphatic carbocycles. The van der Waals surface area contributed by atoms with Crippen molar-refractivity contribution >= 4 is 55.7 Å². The summed E-state index contributed by atoms with van der Waals surface area (Å²) in [6, 6.07) is 44.6. The number of rotatable bonds is 3. The van der Waals surface area contributed by atoms with Crippen molar-refractivity contribution in [2.24, 2.45) is 0 Å². The summed E-state index contributed by atoms with van der Waals surface area (Å²) in [4.78, 5) is 0. The van der Waals surface area contributed by atoms with Crippen LogP contribution in [0.15, 0.2) is 140 Å². The topological polar surface area (TPSA) is 4.93 Å². The van der Waals surface area contributed by atoms with Crippen LogP contribution in [0, 0.1) is 0 Å². The third-order valence-electron chi connectivity index (χ3n) is 8.56. The van der Waals surface area contributed by atoms with E-state index in [1.54, 1.807) is 0 Å². The SMILES string of the molecule is CC1(c2ccc(-n3c4ccccc4c4ccccc43)cc2)C=CC(p2c3ccccc3c3ccccc32)=CC1. The minimum atomic E-state index is -0.498. The van der Waals surface area contributed by atoms with Gasteiger partial charge in [0, 0.05) is 32.1 Å². The summed E-state index contributed by atoms with van der Waals surface area (Å²) in [6.07, 6.45) is 8.38. The summed E-state index contributed by atoms with van der Waals surface area (Å²) in [7, 11) is -0.498. The van der Waals surface area contributed by atoms with Gasteiger partial charge in [0.15, 0.2) is 0 Å². The lowest BCUT2D eigenvalue weighted by Gasteiger charge is -2.29. The van der Waals surface area contributed by atoms with Crippen LogP contribution in [0.3, 0.4) is 0 Å². The molecule has 7 aromatic rings. The Morgan fingerprint density at radius 2 is 1.10 bits per heavy atom. The van der Waals surface area contributed by atoms with Crippen molar-refractivity contribution < 1.29 is 0 Å². The van der Waals surface area contributed by atoms with E-state index in [1.165, 1.54) is 59.4 Å². The number of hydrogen-bond donors (Lipinski definition) is 0. The quantitative estimate of drug-likeness (QED) is 0.220. The molecule has 2 aromatic heterocycles. The molecule has 39 heavy (non-hydrogen) atoms. The fourth-order valence-corrected chi connectivity index (χ4v) is 9.15. The van der Waals surface area contributed by atoms with E-state index in [-0.39, 0.29) is 5.41 Å². The van der Waals surface area contributed by atoms with Gasteiger partial charge >= 0.3 is 0 Å². The zero-order chi connectivity index (χ0) is 26.0. The van der Waals surface area contributed by atoms with Crippen molar-refractivity contribution in [3.63, 3.8) is 0 Å². The molecule has 0 saturated heterocycles. The normalized spacial score (nSPS) is 17.4. The number of hydrogen-bond acceptors (Lipinski definition) is 0. The molecule has 8 rings (SSSR count). The van der Waals surface area contributed by atoms with Crippen molar-refractivity contribution in [2.45, 2.75) is 18.8 Å². The summed E-state index contributed by atoms with van der Waals surface area (Å²) in [5.74, 6) is 0. The second kappa shape index (κ2) is 8.60. The van der Waals surface area contributed by atoms with E-state index >= 15 is 0 Å². The maximum Gasteiger partial charge on any atom is 0.0541 e. The first-order chi connectivity index (χ1) is 19.2. The molecule has 0 saturated carbocycles. The molecule has 0 radical (unpaired) electrons. The molecule has 1 atom stereocenters. The summed E-state index contributed by atoms with van der Waals surface area (Å²) >= 11 is 0. The van der Waals surface area contributed by atoms with Gasteiger partial charge in [-0.25, -0.2) is 0 Å². The molecule has 0 spiro atoms. The molecule has 1 nitrogen and oxygen atoms in total. The minimum absolute atomic E-state index is 0.0169. The van der Waals surface area contributed by atoms with Gasteiger partial charge in [-0.15, -0.1) is 0 Å². The van der Waals surface area contributed by atoms with Crippen LogP contribution in [0.5, 0.6) is 0 Å². The molecule has 1 unspecified atom stereocenters. The molecule has 0 aliphatic heterocycles. The molecule has 2 heteroatoms. The Hall–Kier alpha value is -4.32. The van der Waals surface area contributed by atoms with Crippen molar-refractivity contribution in [3.05, 3.63) is 145 Å². The molecular weight excluding hydrogens is 489 g/mol. The molecule has 1 aliphatic rings. The van der Waals surface area contributed by atoms with Crippen molar-refractivity contribution in [1.82, 2.24) is 4.57 Å². The smallest absolute Gasteiger partial charge is 0.0541 e. The van der Waals surface area contributed by atoms with Gasteiger partial charge in [-0.05, 0) is 52.3 Å². The summed E-state index contributed by atoms with van der Waals surface area (Å²) < 4.78 is 2.39. The van der Waals surface area contributed by atoms with Crippen LogP contribution >= 0.6 is 7.53 Å². The van der Waals surface area contributed by atoms with E-state index in [1.807, 2.05) is 0 Å². The predicted molar refractivity (Wildman–Crippen MR) is 170 cm³/mol. The number of aromatic nitrogens is 1. The monoisotopic (exact) mass is 517 g/mol. The second-order valence-electron chi connectivity index (χ2n) is 10.9. The Labute approximate surface area is 229 Å². The standard InChI is InChI=1S/C37H28NP/c1-37(24-22-28(23-25-37)39-35-16-8-4-12-31(35)32-13-5-9-17-36(32)39)26-18-20-27(21-19-26)38-33-14-6-2-10-29(33)30-11-3-7-15-34(30)38/h2-24H,25H2,1H3. The summed E-state index contributed by atoms with van der Waals surface area (Å²) in [5, 5.41) is 9.86. The van der Waals surface area contributed by atoms with Crippen LogP contribution in [-0.4, -0.2) is 4.57 Å². The van der Waals surface area contributed by atoms with Crippen LogP contribution in [0.4, 0.5) is 0 Å². The first-order valence-corrected chi connectivity index (χ1v) is 15.0. The highest BCUT2D eigenvalue weighted by Crippen LogP contribution is 2.57. The van der Waals surface area contributed by atoms with Gasteiger partial charge in [-0.3, -0.25) is 0 Å². The molecule has 5 aromatic carbocycles. The summed E-state index contributed by atoms with van der Waals surface area (Å²) in [6.45, 7) is 2.37. The Balaban J connectivity index is 1.17.